The highest BCUT2D eigenvalue weighted by atomic mass is 16.5. The topological polar surface area (TPSA) is 90.0 Å². The molecule has 2 aromatic heterocycles. The van der Waals surface area contributed by atoms with Crippen molar-refractivity contribution in [3.63, 3.8) is 0 Å². The molecule has 3 heterocycles. The van der Waals surface area contributed by atoms with Crippen molar-refractivity contribution >= 4 is 22.8 Å². The van der Waals surface area contributed by atoms with Gasteiger partial charge in [0.15, 0.2) is 5.43 Å². The number of carbonyl (C=O) groups is 2. The maximum absolute atomic E-state index is 13.5. The molecule has 1 aliphatic rings. The summed E-state index contributed by atoms with van der Waals surface area (Å²) in [6.07, 6.45) is 1.53. The van der Waals surface area contributed by atoms with E-state index in [1.54, 1.807) is 53.4 Å². The summed E-state index contributed by atoms with van der Waals surface area (Å²) in [4.78, 5) is 40.3. The lowest BCUT2D eigenvalue weighted by atomic mass is 9.97. The Bertz CT molecular complexity index is 1400. The lowest BCUT2D eigenvalue weighted by Crippen LogP contribution is -2.29. The molecule has 1 atom stereocenters. The Morgan fingerprint density at radius 1 is 1.09 bits per heavy atom. The Labute approximate surface area is 182 Å². The van der Waals surface area contributed by atoms with Crippen molar-refractivity contribution in [2.24, 2.45) is 0 Å². The molecule has 4 aromatic rings. The van der Waals surface area contributed by atoms with Crippen LogP contribution in [0.25, 0.3) is 11.0 Å². The maximum Gasteiger partial charge on any atom is 0.337 e. The quantitative estimate of drug-likeness (QED) is 0.451. The number of rotatable bonds is 4. The van der Waals surface area contributed by atoms with Crippen molar-refractivity contribution in [2.75, 3.05) is 7.11 Å². The molecule has 0 N–H and O–H groups in total. The van der Waals surface area contributed by atoms with E-state index in [0.29, 0.717) is 27.9 Å². The molecule has 0 saturated carbocycles. The summed E-state index contributed by atoms with van der Waals surface area (Å²) in [5.74, 6) is -0.249. The van der Waals surface area contributed by atoms with Gasteiger partial charge in [0.2, 0.25) is 5.76 Å². The first-order valence-corrected chi connectivity index (χ1v) is 10.1. The van der Waals surface area contributed by atoms with E-state index in [1.807, 2.05) is 13.0 Å². The Kier molecular flexibility index (Phi) is 4.66. The minimum atomic E-state index is -0.685. The molecular formula is C25H19NO6. The molecule has 5 rings (SSSR count). The fourth-order valence-corrected chi connectivity index (χ4v) is 4.13. The third-order valence-corrected chi connectivity index (χ3v) is 5.67. The van der Waals surface area contributed by atoms with Crippen LogP contribution in [-0.2, 0) is 11.3 Å². The first-order valence-electron chi connectivity index (χ1n) is 10.1. The van der Waals surface area contributed by atoms with Crippen LogP contribution in [0.4, 0.5) is 0 Å². The second-order valence-corrected chi connectivity index (χ2v) is 7.70. The van der Waals surface area contributed by atoms with Gasteiger partial charge in [0.05, 0.1) is 42.5 Å². The van der Waals surface area contributed by atoms with Gasteiger partial charge in [-0.3, -0.25) is 9.59 Å². The van der Waals surface area contributed by atoms with E-state index >= 15 is 0 Å². The van der Waals surface area contributed by atoms with Gasteiger partial charge in [-0.25, -0.2) is 4.79 Å². The molecule has 7 nitrogen and oxygen atoms in total. The molecule has 0 saturated heterocycles. The molecule has 2 aromatic carbocycles. The maximum atomic E-state index is 13.5. The van der Waals surface area contributed by atoms with Crippen molar-refractivity contribution in [3.05, 3.63) is 105 Å². The van der Waals surface area contributed by atoms with E-state index in [2.05, 4.69) is 0 Å². The van der Waals surface area contributed by atoms with Gasteiger partial charge in [0.25, 0.3) is 5.91 Å². The summed E-state index contributed by atoms with van der Waals surface area (Å²) >= 11 is 0. The zero-order chi connectivity index (χ0) is 22.4. The Morgan fingerprint density at radius 2 is 1.88 bits per heavy atom. The van der Waals surface area contributed by atoms with E-state index in [-0.39, 0.29) is 23.3 Å². The SMILES string of the molecule is COC(=O)c1ccc(C2c3c(oc4ccc(C)cc4c3=O)C(=O)N2Cc2ccco2)cc1. The van der Waals surface area contributed by atoms with Crippen LogP contribution in [0.3, 0.4) is 0 Å². The van der Waals surface area contributed by atoms with E-state index in [9.17, 15) is 14.4 Å². The molecule has 0 spiro atoms. The lowest BCUT2D eigenvalue weighted by molar-refractivity contribution is 0.0599. The van der Waals surface area contributed by atoms with E-state index in [1.165, 1.54) is 13.4 Å². The number of nitrogens with zero attached hydrogens (tertiary/aromatic N) is 1. The predicted molar refractivity (Wildman–Crippen MR) is 115 cm³/mol. The summed E-state index contributed by atoms with van der Waals surface area (Å²) < 4.78 is 16.2. The number of aryl methyl sites for hydroxylation is 1. The van der Waals surface area contributed by atoms with Crippen LogP contribution in [0.2, 0.25) is 0 Å². The number of furan rings is 1. The Hall–Kier alpha value is -4.13. The minimum Gasteiger partial charge on any atom is -0.467 e. The van der Waals surface area contributed by atoms with Gasteiger partial charge >= 0.3 is 5.97 Å². The van der Waals surface area contributed by atoms with Gasteiger partial charge in [0, 0.05) is 0 Å². The number of carbonyl (C=O) groups excluding carboxylic acids is 2. The summed E-state index contributed by atoms with van der Waals surface area (Å²) in [5.41, 5.74) is 2.37. The molecule has 0 aliphatic carbocycles. The summed E-state index contributed by atoms with van der Waals surface area (Å²) in [5, 5.41) is 0.424. The van der Waals surface area contributed by atoms with Crippen LogP contribution >= 0.6 is 0 Å². The molecule has 7 heteroatoms. The first-order chi connectivity index (χ1) is 15.5. The highest BCUT2D eigenvalue weighted by Gasteiger charge is 2.43. The molecule has 32 heavy (non-hydrogen) atoms. The van der Waals surface area contributed by atoms with Crippen molar-refractivity contribution in [1.29, 1.82) is 0 Å². The van der Waals surface area contributed by atoms with Crippen LogP contribution < -0.4 is 5.43 Å². The fraction of sp³-hybridized carbons (Fsp3) is 0.160. The first kappa shape index (κ1) is 19.8. The Morgan fingerprint density at radius 3 is 2.56 bits per heavy atom. The van der Waals surface area contributed by atoms with E-state index in [0.717, 1.165) is 5.56 Å². The summed E-state index contributed by atoms with van der Waals surface area (Å²) in [7, 11) is 1.31. The number of hydrogen-bond donors (Lipinski definition) is 0. The predicted octanol–water partition coefficient (Wildman–Crippen LogP) is 4.23. The third-order valence-electron chi connectivity index (χ3n) is 5.67. The monoisotopic (exact) mass is 429 g/mol. The van der Waals surface area contributed by atoms with Gasteiger partial charge in [-0.05, 0) is 48.9 Å². The number of methoxy groups -OCH3 is 1. The van der Waals surface area contributed by atoms with E-state index < -0.39 is 17.9 Å². The number of fused-ring (bicyclic) bond motifs is 2. The van der Waals surface area contributed by atoms with Crippen LogP contribution in [0, 0.1) is 6.92 Å². The van der Waals surface area contributed by atoms with Gasteiger partial charge in [0.1, 0.15) is 11.3 Å². The summed E-state index contributed by atoms with van der Waals surface area (Å²) in [6, 6.07) is 14.8. The molecule has 0 fully saturated rings. The van der Waals surface area contributed by atoms with Gasteiger partial charge < -0.3 is 18.5 Å². The molecule has 0 radical (unpaired) electrons. The highest BCUT2D eigenvalue weighted by molar-refractivity contribution is 5.99. The molecule has 1 aliphatic heterocycles. The average Bonchev–Trinajstić information content (AvgIpc) is 3.41. The zero-order valence-electron chi connectivity index (χ0n) is 17.5. The van der Waals surface area contributed by atoms with Crippen molar-refractivity contribution in [2.45, 2.75) is 19.5 Å². The molecule has 0 bridgehead atoms. The second-order valence-electron chi connectivity index (χ2n) is 7.70. The van der Waals surface area contributed by atoms with Gasteiger partial charge in [-0.1, -0.05) is 23.8 Å². The highest BCUT2D eigenvalue weighted by Crippen LogP contribution is 2.39. The van der Waals surface area contributed by atoms with Crippen LogP contribution in [0.5, 0.6) is 0 Å². The number of benzene rings is 2. The van der Waals surface area contributed by atoms with Crippen LogP contribution in [-0.4, -0.2) is 23.9 Å². The minimum absolute atomic E-state index is 0.0277. The standard InChI is InChI=1S/C25H19NO6/c1-14-5-10-19-18(12-14)22(27)20-21(15-6-8-16(9-7-15)25(29)30-2)26(24(28)23(20)32-19)13-17-4-3-11-31-17/h3-12,21H,13H2,1-2H3. The number of esters is 1. The van der Waals surface area contributed by atoms with Crippen LogP contribution in [0.15, 0.2) is 74.5 Å². The third kappa shape index (κ3) is 3.10. The lowest BCUT2D eigenvalue weighted by Gasteiger charge is -2.24. The average molecular weight is 429 g/mol. The smallest absolute Gasteiger partial charge is 0.337 e. The fourth-order valence-electron chi connectivity index (χ4n) is 4.13. The number of ether oxygens (including phenoxy) is 1. The zero-order valence-corrected chi connectivity index (χ0v) is 17.5. The second kappa shape index (κ2) is 7.53. The van der Waals surface area contributed by atoms with Crippen molar-refractivity contribution < 1.29 is 23.2 Å². The molecule has 1 unspecified atom stereocenters. The summed E-state index contributed by atoms with van der Waals surface area (Å²) in [6.45, 7) is 2.05. The van der Waals surface area contributed by atoms with Crippen LogP contribution in [0.1, 0.15) is 49.4 Å². The molecule has 1 amide bonds. The number of amides is 1. The van der Waals surface area contributed by atoms with Gasteiger partial charge in [-0.15, -0.1) is 0 Å². The van der Waals surface area contributed by atoms with E-state index in [4.69, 9.17) is 13.6 Å². The largest absolute Gasteiger partial charge is 0.467 e. The normalized spacial score (nSPS) is 15.2. The molecular weight excluding hydrogens is 410 g/mol. The van der Waals surface area contributed by atoms with Crippen molar-refractivity contribution in [3.8, 4) is 0 Å². The van der Waals surface area contributed by atoms with Gasteiger partial charge in [-0.2, -0.15) is 0 Å². The molecule has 160 valence electrons. The number of hydrogen-bond acceptors (Lipinski definition) is 6. The Balaban J connectivity index is 1.70. The van der Waals surface area contributed by atoms with Crippen molar-refractivity contribution in [1.82, 2.24) is 4.90 Å².